The average Bonchev–Trinajstić information content (AvgIpc) is 2.91. The van der Waals surface area contributed by atoms with Crippen LogP contribution in [0.5, 0.6) is 0 Å². The molecule has 0 saturated carbocycles. The van der Waals surface area contributed by atoms with Crippen molar-refractivity contribution in [1.29, 1.82) is 0 Å². The molecule has 1 unspecified atom stereocenters. The van der Waals surface area contributed by atoms with Crippen molar-refractivity contribution in [2.75, 3.05) is 19.8 Å². The standard InChI is InChI=1S/C17H30N4O2/c1-5-6-7-9-21-14(16(22)20-17(2,3)4)11-19-15(21)13-12-23-10-8-18-13/h11,13,18H,5-10,12H2,1-4H3,(H,20,22). The van der Waals surface area contributed by atoms with Crippen LogP contribution in [0.1, 0.15) is 69.3 Å². The summed E-state index contributed by atoms with van der Waals surface area (Å²) in [6.07, 6.45) is 5.03. The fourth-order valence-electron chi connectivity index (χ4n) is 2.74. The molecule has 2 rings (SSSR count). The molecule has 0 bridgehead atoms. The number of carbonyl (C=O) groups excluding carboxylic acids is 1. The first-order valence-electron chi connectivity index (χ1n) is 8.61. The first-order valence-corrected chi connectivity index (χ1v) is 8.61. The number of carbonyl (C=O) groups is 1. The molecule has 1 atom stereocenters. The van der Waals surface area contributed by atoms with Crippen LogP contribution in [0.4, 0.5) is 0 Å². The highest BCUT2D eigenvalue weighted by molar-refractivity contribution is 5.93. The maximum atomic E-state index is 12.6. The molecule has 0 radical (unpaired) electrons. The lowest BCUT2D eigenvalue weighted by Crippen LogP contribution is -2.42. The quantitative estimate of drug-likeness (QED) is 0.788. The minimum atomic E-state index is -0.262. The summed E-state index contributed by atoms with van der Waals surface area (Å²) in [5.41, 5.74) is 0.375. The van der Waals surface area contributed by atoms with Gasteiger partial charge in [0.05, 0.1) is 25.5 Å². The lowest BCUT2D eigenvalue weighted by molar-refractivity contribution is 0.0726. The van der Waals surface area contributed by atoms with Gasteiger partial charge in [0.15, 0.2) is 0 Å². The smallest absolute Gasteiger partial charge is 0.269 e. The molecular weight excluding hydrogens is 292 g/mol. The monoisotopic (exact) mass is 322 g/mol. The lowest BCUT2D eigenvalue weighted by atomic mass is 10.1. The van der Waals surface area contributed by atoms with Gasteiger partial charge in [-0.15, -0.1) is 0 Å². The van der Waals surface area contributed by atoms with Gasteiger partial charge >= 0.3 is 0 Å². The number of nitrogens with one attached hydrogen (secondary N) is 2. The molecule has 1 aliphatic rings. The summed E-state index contributed by atoms with van der Waals surface area (Å²) in [6, 6.07) is 0.0570. The van der Waals surface area contributed by atoms with Crippen LogP contribution in [0.25, 0.3) is 0 Å². The van der Waals surface area contributed by atoms with Gasteiger partial charge in [-0.05, 0) is 27.2 Å². The van der Waals surface area contributed by atoms with Crippen LogP contribution in [0, 0.1) is 0 Å². The Labute approximate surface area is 139 Å². The van der Waals surface area contributed by atoms with E-state index in [1.54, 1.807) is 6.20 Å². The van der Waals surface area contributed by atoms with E-state index in [0.717, 1.165) is 44.8 Å². The molecule has 1 saturated heterocycles. The third kappa shape index (κ3) is 5.04. The Kier molecular flexibility index (Phi) is 6.18. The van der Waals surface area contributed by atoms with E-state index in [-0.39, 0.29) is 17.5 Å². The van der Waals surface area contributed by atoms with E-state index in [4.69, 9.17) is 4.74 Å². The average molecular weight is 322 g/mol. The number of ether oxygens (including phenoxy) is 1. The van der Waals surface area contributed by atoms with Crippen molar-refractivity contribution in [1.82, 2.24) is 20.2 Å². The number of nitrogens with zero attached hydrogens (tertiary/aromatic N) is 2. The fraction of sp³-hybridized carbons (Fsp3) is 0.765. The predicted octanol–water partition coefficient (Wildman–Crippen LogP) is 2.26. The number of rotatable bonds is 6. The zero-order chi connectivity index (χ0) is 16.9. The van der Waals surface area contributed by atoms with Gasteiger partial charge in [0.2, 0.25) is 0 Å². The molecule has 130 valence electrons. The topological polar surface area (TPSA) is 68.2 Å². The summed E-state index contributed by atoms with van der Waals surface area (Å²) in [4.78, 5) is 17.1. The highest BCUT2D eigenvalue weighted by Crippen LogP contribution is 2.18. The molecule has 6 heteroatoms. The van der Waals surface area contributed by atoms with E-state index < -0.39 is 0 Å². The van der Waals surface area contributed by atoms with Crippen molar-refractivity contribution in [3.63, 3.8) is 0 Å². The minimum absolute atomic E-state index is 0.0570. The molecule has 1 aromatic rings. The van der Waals surface area contributed by atoms with E-state index in [2.05, 4.69) is 27.1 Å². The Balaban J connectivity index is 2.22. The number of amides is 1. The summed E-state index contributed by atoms with van der Waals surface area (Å²) >= 11 is 0. The molecule has 1 fully saturated rings. The van der Waals surface area contributed by atoms with Gasteiger partial charge in [-0.2, -0.15) is 0 Å². The summed E-state index contributed by atoms with van der Waals surface area (Å²) in [5.74, 6) is 0.837. The van der Waals surface area contributed by atoms with Crippen molar-refractivity contribution in [2.45, 2.75) is 65.1 Å². The first-order chi connectivity index (χ1) is 10.9. The second-order valence-electron chi connectivity index (χ2n) is 7.15. The van der Waals surface area contributed by atoms with E-state index in [1.807, 2.05) is 20.8 Å². The van der Waals surface area contributed by atoms with Crippen LogP contribution in [0.15, 0.2) is 6.20 Å². The van der Waals surface area contributed by atoms with Crippen LogP contribution in [-0.4, -0.2) is 40.8 Å². The molecule has 0 spiro atoms. The van der Waals surface area contributed by atoms with Crippen molar-refractivity contribution in [2.24, 2.45) is 0 Å². The SMILES string of the molecule is CCCCCn1c(C(=O)NC(C)(C)C)cnc1C1COCCN1. The number of morpholine rings is 1. The van der Waals surface area contributed by atoms with Crippen LogP contribution >= 0.6 is 0 Å². The van der Waals surface area contributed by atoms with E-state index in [1.165, 1.54) is 0 Å². The first kappa shape index (κ1) is 17.9. The normalized spacial score (nSPS) is 18.9. The van der Waals surface area contributed by atoms with Gasteiger partial charge in [0.1, 0.15) is 11.5 Å². The third-order valence-corrected chi connectivity index (χ3v) is 3.83. The zero-order valence-corrected chi connectivity index (χ0v) is 14.8. The number of hydrogen-bond acceptors (Lipinski definition) is 4. The minimum Gasteiger partial charge on any atom is -0.378 e. The highest BCUT2D eigenvalue weighted by Gasteiger charge is 2.25. The van der Waals surface area contributed by atoms with Gasteiger partial charge in [-0.25, -0.2) is 4.98 Å². The van der Waals surface area contributed by atoms with Gasteiger partial charge in [-0.1, -0.05) is 19.8 Å². The summed E-state index contributed by atoms with van der Waals surface area (Å²) in [6.45, 7) is 11.1. The molecule has 6 nitrogen and oxygen atoms in total. The maximum Gasteiger partial charge on any atom is 0.269 e. The predicted molar refractivity (Wildman–Crippen MR) is 90.5 cm³/mol. The third-order valence-electron chi connectivity index (χ3n) is 3.83. The van der Waals surface area contributed by atoms with Crippen LogP contribution in [0.3, 0.4) is 0 Å². The summed E-state index contributed by atoms with van der Waals surface area (Å²) in [5, 5.41) is 6.46. The Hall–Kier alpha value is -1.40. The lowest BCUT2D eigenvalue weighted by Gasteiger charge is -2.25. The molecule has 0 aliphatic carbocycles. The number of aromatic nitrogens is 2. The Bertz CT molecular complexity index is 513. The van der Waals surface area contributed by atoms with Crippen molar-refractivity contribution >= 4 is 5.91 Å². The van der Waals surface area contributed by atoms with Crippen LogP contribution in [0.2, 0.25) is 0 Å². The van der Waals surface area contributed by atoms with Crippen LogP contribution in [-0.2, 0) is 11.3 Å². The maximum absolute atomic E-state index is 12.6. The Morgan fingerprint density at radius 3 is 2.87 bits per heavy atom. The number of imidazole rings is 1. The summed E-state index contributed by atoms with van der Waals surface area (Å²) in [7, 11) is 0. The van der Waals surface area contributed by atoms with Crippen LogP contribution < -0.4 is 10.6 Å². The van der Waals surface area contributed by atoms with Gasteiger partial charge < -0.3 is 19.9 Å². The van der Waals surface area contributed by atoms with E-state index in [9.17, 15) is 4.79 Å². The van der Waals surface area contributed by atoms with E-state index in [0.29, 0.717) is 12.3 Å². The second-order valence-corrected chi connectivity index (χ2v) is 7.15. The van der Waals surface area contributed by atoms with Gasteiger partial charge in [-0.3, -0.25) is 4.79 Å². The number of hydrogen-bond donors (Lipinski definition) is 2. The second kappa shape index (κ2) is 7.93. The summed E-state index contributed by atoms with van der Waals surface area (Å²) < 4.78 is 7.61. The van der Waals surface area contributed by atoms with Gasteiger partial charge in [0, 0.05) is 18.6 Å². The fourth-order valence-corrected chi connectivity index (χ4v) is 2.74. The molecule has 2 heterocycles. The van der Waals surface area contributed by atoms with Crippen molar-refractivity contribution < 1.29 is 9.53 Å². The zero-order valence-electron chi connectivity index (χ0n) is 14.8. The molecule has 1 aromatic heterocycles. The highest BCUT2D eigenvalue weighted by atomic mass is 16.5. The molecule has 1 amide bonds. The molecular formula is C17H30N4O2. The number of unbranched alkanes of at least 4 members (excludes halogenated alkanes) is 2. The molecule has 0 aromatic carbocycles. The largest absolute Gasteiger partial charge is 0.378 e. The molecule has 2 N–H and O–H groups in total. The van der Waals surface area contributed by atoms with E-state index >= 15 is 0 Å². The molecule has 1 aliphatic heterocycles. The molecule has 23 heavy (non-hydrogen) atoms. The van der Waals surface area contributed by atoms with Crippen molar-refractivity contribution in [3.8, 4) is 0 Å². The van der Waals surface area contributed by atoms with Gasteiger partial charge in [0.25, 0.3) is 5.91 Å². The van der Waals surface area contributed by atoms with Crippen molar-refractivity contribution in [3.05, 3.63) is 17.7 Å². The Morgan fingerprint density at radius 2 is 2.26 bits per heavy atom. The Morgan fingerprint density at radius 1 is 1.48 bits per heavy atom.